The second kappa shape index (κ2) is 4.50. The molecular weight excluding hydrogens is 204 g/mol. The first-order chi connectivity index (χ1) is 6.55. The largest absolute Gasteiger partial charge is 0.393 e. The number of nitrogens with zero attached hydrogens (tertiary/aromatic N) is 1. The molecule has 0 saturated heterocycles. The van der Waals surface area contributed by atoms with Crippen molar-refractivity contribution in [1.82, 2.24) is 9.69 Å². The Morgan fingerprint density at radius 2 is 2.50 bits per heavy atom. The molecule has 1 amide bonds. The van der Waals surface area contributed by atoms with Crippen LogP contribution in [0.5, 0.6) is 0 Å². The SMILES string of the molecule is CC(O)(CO)CNC(=O)c1ccns1. The van der Waals surface area contributed by atoms with Crippen LogP contribution in [0.25, 0.3) is 0 Å². The van der Waals surface area contributed by atoms with E-state index in [4.69, 9.17) is 5.11 Å². The lowest BCUT2D eigenvalue weighted by atomic mass is 10.1. The third-order valence-electron chi connectivity index (χ3n) is 1.63. The van der Waals surface area contributed by atoms with Gasteiger partial charge in [0.25, 0.3) is 5.91 Å². The number of carbonyl (C=O) groups is 1. The molecule has 1 aromatic rings. The average Bonchev–Trinajstić information content (AvgIpc) is 2.67. The first kappa shape index (κ1) is 11.1. The molecule has 0 aliphatic heterocycles. The Bertz CT molecular complexity index is 298. The summed E-state index contributed by atoms with van der Waals surface area (Å²) >= 11 is 1.08. The quantitative estimate of drug-likeness (QED) is 0.640. The number of hydrogen-bond donors (Lipinski definition) is 3. The summed E-state index contributed by atoms with van der Waals surface area (Å²) in [6.45, 7) is 1.07. The van der Waals surface area contributed by atoms with E-state index in [0.717, 1.165) is 11.5 Å². The summed E-state index contributed by atoms with van der Waals surface area (Å²) in [6.07, 6.45) is 1.53. The van der Waals surface area contributed by atoms with Gasteiger partial charge in [0.1, 0.15) is 10.5 Å². The van der Waals surface area contributed by atoms with E-state index in [1.807, 2.05) is 0 Å². The van der Waals surface area contributed by atoms with Gasteiger partial charge in [0.2, 0.25) is 0 Å². The lowest BCUT2D eigenvalue weighted by Crippen LogP contribution is -2.43. The first-order valence-electron chi connectivity index (χ1n) is 4.07. The molecule has 1 rings (SSSR count). The molecule has 1 unspecified atom stereocenters. The van der Waals surface area contributed by atoms with E-state index in [1.54, 1.807) is 6.07 Å². The predicted molar refractivity (Wildman–Crippen MR) is 52.2 cm³/mol. The topological polar surface area (TPSA) is 82.5 Å². The molecule has 0 radical (unpaired) electrons. The van der Waals surface area contributed by atoms with Gasteiger partial charge in [-0.15, -0.1) is 0 Å². The summed E-state index contributed by atoms with van der Waals surface area (Å²) in [5, 5.41) is 20.6. The second-order valence-corrected chi connectivity index (χ2v) is 4.05. The maximum Gasteiger partial charge on any atom is 0.263 e. The molecule has 0 fully saturated rings. The molecule has 6 heteroatoms. The maximum absolute atomic E-state index is 11.3. The van der Waals surface area contributed by atoms with Crippen molar-refractivity contribution in [2.24, 2.45) is 0 Å². The fraction of sp³-hybridized carbons (Fsp3) is 0.500. The van der Waals surface area contributed by atoms with Gasteiger partial charge in [0.15, 0.2) is 0 Å². The van der Waals surface area contributed by atoms with Gasteiger partial charge in [0.05, 0.1) is 6.61 Å². The van der Waals surface area contributed by atoms with Crippen LogP contribution in [-0.4, -0.2) is 39.2 Å². The van der Waals surface area contributed by atoms with E-state index >= 15 is 0 Å². The Hall–Kier alpha value is -0.980. The van der Waals surface area contributed by atoms with Gasteiger partial charge in [-0.2, -0.15) is 0 Å². The second-order valence-electron chi connectivity index (χ2n) is 3.21. The summed E-state index contributed by atoms with van der Waals surface area (Å²) in [6, 6.07) is 1.59. The Morgan fingerprint density at radius 3 is 3.00 bits per heavy atom. The van der Waals surface area contributed by atoms with Crippen LogP contribution in [0, 0.1) is 0 Å². The Morgan fingerprint density at radius 1 is 1.79 bits per heavy atom. The van der Waals surface area contributed by atoms with Gasteiger partial charge in [0, 0.05) is 12.7 Å². The van der Waals surface area contributed by atoms with Gasteiger partial charge in [-0.3, -0.25) is 4.79 Å². The number of carbonyl (C=O) groups excluding carboxylic acids is 1. The fourth-order valence-electron chi connectivity index (χ4n) is 0.747. The van der Waals surface area contributed by atoms with Crippen molar-refractivity contribution in [3.05, 3.63) is 17.1 Å². The van der Waals surface area contributed by atoms with E-state index in [1.165, 1.54) is 13.1 Å². The average molecular weight is 216 g/mol. The van der Waals surface area contributed by atoms with E-state index in [0.29, 0.717) is 4.88 Å². The zero-order valence-electron chi connectivity index (χ0n) is 7.73. The van der Waals surface area contributed by atoms with Crippen LogP contribution >= 0.6 is 11.5 Å². The van der Waals surface area contributed by atoms with Crippen LogP contribution in [-0.2, 0) is 0 Å². The number of nitrogens with one attached hydrogen (secondary N) is 1. The van der Waals surface area contributed by atoms with Crippen molar-refractivity contribution in [2.75, 3.05) is 13.2 Å². The van der Waals surface area contributed by atoms with Crippen molar-refractivity contribution in [2.45, 2.75) is 12.5 Å². The number of amides is 1. The number of aliphatic hydroxyl groups is 2. The molecule has 78 valence electrons. The van der Waals surface area contributed by atoms with E-state index in [-0.39, 0.29) is 12.5 Å². The highest BCUT2D eigenvalue weighted by molar-refractivity contribution is 7.08. The molecule has 0 aromatic carbocycles. The third-order valence-corrected chi connectivity index (χ3v) is 2.38. The molecular formula is C8H12N2O3S. The minimum Gasteiger partial charge on any atom is -0.393 e. The Balaban J connectivity index is 2.43. The molecule has 3 N–H and O–H groups in total. The van der Waals surface area contributed by atoms with Crippen LogP contribution in [0.2, 0.25) is 0 Å². The Kier molecular flexibility index (Phi) is 3.56. The third kappa shape index (κ3) is 3.06. The van der Waals surface area contributed by atoms with Crippen molar-refractivity contribution >= 4 is 17.4 Å². The van der Waals surface area contributed by atoms with Gasteiger partial charge in [-0.25, -0.2) is 4.37 Å². The van der Waals surface area contributed by atoms with Crippen LogP contribution in [0.4, 0.5) is 0 Å². The smallest absolute Gasteiger partial charge is 0.263 e. The molecule has 0 saturated carbocycles. The molecule has 1 atom stereocenters. The lowest BCUT2D eigenvalue weighted by molar-refractivity contribution is 0.00323. The zero-order valence-corrected chi connectivity index (χ0v) is 8.54. The number of aliphatic hydroxyl groups excluding tert-OH is 1. The minimum atomic E-state index is -1.28. The summed E-state index contributed by atoms with van der Waals surface area (Å²) in [7, 11) is 0. The van der Waals surface area contributed by atoms with Crippen LogP contribution in [0.3, 0.4) is 0 Å². The van der Waals surface area contributed by atoms with Gasteiger partial charge in [-0.05, 0) is 24.5 Å². The predicted octanol–water partition coefficient (Wildman–Crippen LogP) is -0.384. The zero-order chi connectivity index (χ0) is 10.6. The summed E-state index contributed by atoms with van der Waals surface area (Å²) in [5.74, 6) is -0.291. The number of aromatic nitrogens is 1. The first-order valence-corrected chi connectivity index (χ1v) is 4.84. The van der Waals surface area contributed by atoms with Crippen LogP contribution in [0.15, 0.2) is 12.3 Å². The summed E-state index contributed by atoms with van der Waals surface area (Å²) < 4.78 is 3.78. The molecule has 1 heterocycles. The Labute approximate surface area is 85.6 Å². The standard InChI is InChI=1S/C8H12N2O3S/c1-8(13,5-11)4-9-7(12)6-2-3-10-14-6/h2-3,11,13H,4-5H2,1H3,(H,9,12). The fourth-order valence-corrected chi connectivity index (χ4v) is 1.26. The highest BCUT2D eigenvalue weighted by Gasteiger charge is 2.20. The van der Waals surface area contributed by atoms with Crippen molar-refractivity contribution in [3.8, 4) is 0 Å². The van der Waals surface area contributed by atoms with Crippen LogP contribution < -0.4 is 5.32 Å². The highest BCUT2D eigenvalue weighted by atomic mass is 32.1. The van der Waals surface area contributed by atoms with Crippen LogP contribution in [0.1, 0.15) is 16.6 Å². The molecule has 0 aliphatic rings. The minimum absolute atomic E-state index is 0.0141. The van der Waals surface area contributed by atoms with Crippen molar-refractivity contribution in [3.63, 3.8) is 0 Å². The van der Waals surface area contributed by atoms with E-state index < -0.39 is 12.2 Å². The summed E-state index contributed by atoms with van der Waals surface area (Å²) in [4.78, 5) is 11.8. The normalized spacial score (nSPS) is 14.8. The molecule has 0 spiro atoms. The lowest BCUT2D eigenvalue weighted by Gasteiger charge is -2.20. The van der Waals surface area contributed by atoms with Crippen molar-refractivity contribution < 1.29 is 15.0 Å². The summed E-state index contributed by atoms with van der Waals surface area (Å²) in [5.41, 5.74) is -1.28. The van der Waals surface area contributed by atoms with E-state index in [9.17, 15) is 9.90 Å². The van der Waals surface area contributed by atoms with Gasteiger partial charge < -0.3 is 15.5 Å². The maximum atomic E-state index is 11.3. The number of hydrogen-bond acceptors (Lipinski definition) is 5. The molecule has 0 bridgehead atoms. The number of rotatable bonds is 4. The molecule has 1 aromatic heterocycles. The van der Waals surface area contributed by atoms with Gasteiger partial charge in [-0.1, -0.05) is 0 Å². The highest BCUT2D eigenvalue weighted by Crippen LogP contribution is 2.05. The van der Waals surface area contributed by atoms with Crippen molar-refractivity contribution in [1.29, 1.82) is 0 Å². The monoisotopic (exact) mass is 216 g/mol. The van der Waals surface area contributed by atoms with E-state index in [2.05, 4.69) is 9.69 Å². The molecule has 0 aliphatic carbocycles. The molecule has 5 nitrogen and oxygen atoms in total. The van der Waals surface area contributed by atoms with Gasteiger partial charge >= 0.3 is 0 Å². The molecule has 14 heavy (non-hydrogen) atoms.